The molecule has 0 bridgehead atoms. The van der Waals surface area contributed by atoms with Crippen LogP contribution in [0.4, 0.5) is 0 Å². The van der Waals surface area contributed by atoms with Crippen molar-refractivity contribution in [1.29, 1.82) is 0 Å². The van der Waals surface area contributed by atoms with Crippen molar-refractivity contribution in [2.75, 3.05) is 27.2 Å². The van der Waals surface area contributed by atoms with Gasteiger partial charge in [-0.3, -0.25) is 4.79 Å². The van der Waals surface area contributed by atoms with Gasteiger partial charge < -0.3 is 10.2 Å². The van der Waals surface area contributed by atoms with E-state index in [-0.39, 0.29) is 11.8 Å². The Bertz CT molecular complexity index is 212. The molecule has 1 amide bonds. The van der Waals surface area contributed by atoms with E-state index in [9.17, 15) is 4.79 Å². The number of carbonyl (C=O) groups is 1. The van der Waals surface area contributed by atoms with Crippen LogP contribution in [0.5, 0.6) is 0 Å². The fourth-order valence-electron chi connectivity index (χ4n) is 1.93. The Hall–Kier alpha value is -0.570. The van der Waals surface area contributed by atoms with E-state index in [2.05, 4.69) is 52.0 Å². The van der Waals surface area contributed by atoms with Gasteiger partial charge >= 0.3 is 0 Å². The monoisotopic (exact) mass is 242 g/mol. The predicted molar refractivity (Wildman–Crippen MR) is 74.0 cm³/mol. The van der Waals surface area contributed by atoms with E-state index in [1.165, 1.54) is 0 Å². The Balaban J connectivity index is 3.98. The van der Waals surface area contributed by atoms with Crippen LogP contribution in [0.15, 0.2) is 0 Å². The molecule has 0 aliphatic heterocycles. The summed E-state index contributed by atoms with van der Waals surface area (Å²) in [6.45, 7) is 10.4. The maximum Gasteiger partial charge on any atom is 0.223 e. The van der Waals surface area contributed by atoms with Gasteiger partial charge in [0.2, 0.25) is 5.91 Å². The van der Waals surface area contributed by atoms with E-state index in [1.54, 1.807) is 0 Å². The Morgan fingerprint density at radius 3 is 2.18 bits per heavy atom. The topological polar surface area (TPSA) is 32.3 Å². The molecule has 17 heavy (non-hydrogen) atoms. The molecule has 1 unspecified atom stereocenters. The second kappa shape index (κ2) is 8.51. The molecule has 0 spiro atoms. The first-order chi connectivity index (χ1) is 7.84. The van der Waals surface area contributed by atoms with E-state index >= 15 is 0 Å². The lowest BCUT2D eigenvalue weighted by Crippen LogP contribution is -2.35. The minimum atomic E-state index is 0.161. The van der Waals surface area contributed by atoms with Gasteiger partial charge in [-0.25, -0.2) is 0 Å². The Kier molecular flexibility index (Phi) is 8.23. The highest BCUT2D eigenvalue weighted by Gasteiger charge is 2.22. The van der Waals surface area contributed by atoms with Crippen LogP contribution in [0.1, 0.15) is 40.5 Å². The number of hydrogen-bond acceptors (Lipinski definition) is 2. The second-order valence-electron chi connectivity index (χ2n) is 5.93. The average Bonchev–Trinajstić information content (AvgIpc) is 2.19. The number of nitrogens with one attached hydrogen (secondary N) is 1. The molecule has 0 aromatic carbocycles. The lowest BCUT2D eigenvalue weighted by Gasteiger charge is -2.22. The maximum atomic E-state index is 12.0. The molecule has 0 aromatic heterocycles. The van der Waals surface area contributed by atoms with E-state index in [4.69, 9.17) is 0 Å². The van der Waals surface area contributed by atoms with E-state index in [1.807, 2.05) is 0 Å². The molecule has 3 nitrogen and oxygen atoms in total. The van der Waals surface area contributed by atoms with Crippen LogP contribution in [-0.4, -0.2) is 38.0 Å². The fraction of sp³-hybridized carbons (Fsp3) is 0.929. The third-order valence-electron chi connectivity index (χ3n) is 2.95. The van der Waals surface area contributed by atoms with Gasteiger partial charge in [0.1, 0.15) is 0 Å². The van der Waals surface area contributed by atoms with Crippen molar-refractivity contribution in [3.8, 4) is 0 Å². The molecule has 1 atom stereocenters. The van der Waals surface area contributed by atoms with Gasteiger partial charge in [-0.1, -0.05) is 27.7 Å². The highest BCUT2D eigenvalue weighted by molar-refractivity contribution is 5.78. The minimum Gasteiger partial charge on any atom is -0.356 e. The van der Waals surface area contributed by atoms with E-state index in [0.717, 1.165) is 25.9 Å². The van der Waals surface area contributed by atoms with Crippen LogP contribution < -0.4 is 5.32 Å². The van der Waals surface area contributed by atoms with Crippen LogP contribution >= 0.6 is 0 Å². The predicted octanol–water partition coefficient (Wildman–Crippen LogP) is 2.37. The number of hydrogen-bond donors (Lipinski definition) is 1. The molecule has 3 heteroatoms. The summed E-state index contributed by atoms with van der Waals surface area (Å²) in [6, 6.07) is 0. The maximum absolute atomic E-state index is 12.0. The molecule has 0 radical (unpaired) electrons. The molecular weight excluding hydrogens is 212 g/mol. The fourth-order valence-corrected chi connectivity index (χ4v) is 1.93. The van der Waals surface area contributed by atoms with E-state index in [0.29, 0.717) is 11.8 Å². The lowest BCUT2D eigenvalue weighted by atomic mass is 9.87. The van der Waals surface area contributed by atoms with Crippen molar-refractivity contribution in [3.05, 3.63) is 0 Å². The molecule has 0 aliphatic carbocycles. The van der Waals surface area contributed by atoms with Crippen molar-refractivity contribution in [2.45, 2.75) is 40.5 Å². The normalized spacial score (nSPS) is 13.5. The quantitative estimate of drug-likeness (QED) is 0.663. The molecule has 102 valence electrons. The standard InChI is InChI=1S/C14H30N2O/c1-11(2)10-13(12(3)4)14(17)15-8-7-9-16(5)6/h11-13H,7-10H2,1-6H3,(H,15,17). The molecule has 0 fully saturated rings. The van der Waals surface area contributed by atoms with Gasteiger partial charge in [-0.05, 0) is 45.3 Å². The lowest BCUT2D eigenvalue weighted by molar-refractivity contribution is -0.126. The third kappa shape index (κ3) is 8.19. The first-order valence-corrected chi connectivity index (χ1v) is 6.77. The van der Waals surface area contributed by atoms with Crippen LogP contribution in [0.3, 0.4) is 0 Å². The number of rotatable bonds is 8. The van der Waals surface area contributed by atoms with Crippen LogP contribution in [0.25, 0.3) is 0 Å². The third-order valence-corrected chi connectivity index (χ3v) is 2.95. The summed E-state index contributed by atoms with van der Waals surface area (Å²) in [6.07, 6.45) is 2.00. The van der Waals surface area contributed by atoms with Crippen molar-refractivity contribution in [1.82, 2.24) is 10.2 Å². The van der Waals surface area contributed by atoms with Gasteiger partial charge in [0.25, 0.3) is 0 Å². The molecular formula is C14H30N2O. The number of carbonyl (C=O) groups excluding carboxylic acids is 1. The van der Waals surface area contributed by atoms with Crippen LogP contribution in [0, 0.1) is 17.8 Å². The zero-order valence-electron chi connectivity index (χ0n) is 12.4. The largest absolute Gasteiger partial charge is 0.356 e. The van der Waals surface area contributed by atoms with Gasteiger partial charge in [0, 0.05) is 12.5 Å². The van der Waals surface area contributed by atoms with Crippen molar-refractivity contribution in [2.24, 2.45) is 17.8 Å². The van der Waals surface area contributed by atoms with Crippen LogP contribution in [0.2, 0.25) is 0 Å². The first-order valence-electron chi connectivity index (χ1n) is 6.77. The SMILES string of the molecule is CC(C)CC(C(=O)NCCCN(C)C)C(C)C. The van der Waals surface area contributed by atoms with E-state index < -0.39 is 0 Å². The highest BCUT2D eigenvalue weighted by Crippen LogP contribution is 2.20. The minimum absolute atomic E-state index is 0.161. The molecule has 0 saturated carbocycles. The van der Waals surface area contributed by atoms with Gasteiger partial charge in [-0.15, -0.1) is 0 Å². The molecule has 0 saturated heterocycles. The molecule has 0 heterocycles. The van der Waals surface area contributed by atoms with Gasteiger partial charge in [-0.2, -0.15) is 0 Å². The Morgan fingerprint density at radius 1 is 1.18 bits per heavy atom. The van der Waals surface area contributed by atoms with Crippen molar-refractivity contribution in [3.63, 3.8) is 0 Å². The Morgan fingerprint density at radius 2 is 1.76 bits per heavy atom. The summed E-state index contributed by atoms with van der Waals surface area (Å²) in [5, 5.41) is 3.06. The average molecular weight is 242 g/mol. The van der Waals surface area contributed by atoms with Crippen LogP contribution in [-0.2, 0) is 4.79 Å². The first kappa shape index (κ1) is 16.4. The van der Waals surface area contributed by atoms with Gasteiger partial charge in [0.05, 0.1) is 0 Å². The highest BCUT2D eigenvalue weighted by atomic mass is 16.1. The summed E-state index contributed by atoms with van der Waals surface area (Å²) in [5.41, 5.74) is 0. The molecule has 0 aliphatic rings. The zero-order chi connectivity index (χ0) is 13.4. The summed E-state index contributed by atoms with van der Waals surface area (Å²) in [5.74, 6) is 1.39. The summed E-state index contributed by atoms with van der Waals surface area (Å²) >= 11 is 0. The smallest absolute Gasteiger partial charge is 0.223 e. The summed E-state index contributed by atoms with van der Waals surface area (Å²) in [7, 11) is 4.11. The number of amides is 1. The van der Waals surface area contributed by atoms with Gasteiger partial charge in [0.15, 0.2) is 0 Å². The number of nitrogens with zero attached hydrogens (tertiary/aromatic N) is 1. The molecule has 0 aromatic rings. The summed E-state index contributed by atoms with van der Waals surface area (Å²) in [4.78, 5) is 14.2. The summed E-state index contributed by atoms with van der Waals surface area (Å²) < 4.78 is 0. The Labute approximate surface area is 107 Å². The molecule has 0 rings (SSSR count). The van der Waals surface area contributed by atoms with Crippen molar-refractivity contribution >= 4 is 5.91 Å². The van der Waals surface area contributed by atoms with Crippen molar-refractivity contribution < 1.29 is 4.79 Å². The molecule has 1 N–H and O–H groups in total. The second-order valence-corrected chi connectivity index (χ2v) is 5.93. The zero-order valence-corrected chi connectivity index (χ0v) is 12.4.